The first-order chi connectivity index (χ1) is 13.8. The summed E-state index contributed by atoms with van der Waals surface area (Å²) in [6.07, 6.45) is 3.45. The predicted octanol–water partition coefficient (Wildman–Crippen LogP) is 3.06. The van der Waals surface area contributed by atoms with E-state index in [4.69, 9.17) is 0 Å². The Balaban J connectivity index is 1.84. The van der Waals surface area contributed by atoms with Crippen molar-refractivity contribution in [2.75, 3.05) is 11.6 Å². The van der Waals surface area contributed by atoms with Gasteiger partial charge in [0.05, 0.1) is 4.90 Å². The molecule has 0 aliphatic heterocycles. The Morgan fingerprint density at radius 1 is 1.03 bits per heavy atom. The molecule has 1 aromatic heterocycles. The van der Waals surface area contributed by atoms with Crippen molar-refractivity contribution in [1.82, 2.24) is 4.57 Å². The maximum Gasteiger partial charge on any atom is 0.263 e. The maximum atomic E-state index is 12.9. The zero-order valence-electron chi connectivity index (χ0n) is 16.3. The van der Waals surface area contributed by atoms with Gasteiger partial charge in [0.25, 0.3) is 11.5 Å². The number of nitrogens with one attached hydrogen (secondary N) is 1. The fourth-order valence-electron chi connectivity index (χ4n) is 3.01. The van der Waals surface area contributed by atoms with Gasteiger partial charge in [-0.25, -0.2) is 8.42 Å². The summed E-state index contributed by atoms with van der Waals surface area (Å²) in [5.41, 5.74) is 1.64. The third-order valence-electron chi connectivity index (χ3n) is 4.60. The fourth-order valence-corrected chi connectivity index (χ4v) is 3.68. The molecule has 6 nitrogen and oxygen atoms in total. The van der Waals surface area contributed by atoms with Crippen LogP contribution in [-0.4, -0.2) is 25.1 Å². The monoisotopic (exact) mass is 410 g/mol. The molecule has 1 amide bonds. The highest BCUT2D eigenvalue weighted by molar-refractivity contribution is 7.90. The lowest BCUT2D eigenvalue weighted by Gasteiger charge is -2.12. The van der Waals surface area contributed by atoms with Crippen LogP contribution in [0.25, 0.3) is 0 Å². The Morgan fingerprint density at radius 3 is 2.45 bits per heavy atom. The molecule has 0 bridgehead atoms. The van der Waals surface area contributed by atoms with Crippen LogP contribution in [0.5, 0.6) is 0 Å². The van der Waals surface area contributed by atoms with E-state index in [1.807, 2.05) is 30.3 Å². The van der Waals surface area contributed by atoms with Gasteiger partial charge in [0.1, 0.15) is 5.56 Å². The van der Waals surface area contributed by atoms with Gasteiger partial charge in [-0.1, -0.05) is 36.4 Å². The first-order valence-electron chi connectivity index (χ1n) is 9.11. The maximum absolute atomic E-state index is 12.9. The highest BCUT2D eigenvalue weighted by atomic mass is 32.2. The average Bonchev–Trinajstić information content (AvgIpc) is 2.68. The van der Waals surface area contributed by atoms with Gasteiger partial charge in [-0.2, -0.15) is 0 Å². The van der Waals surface area contributed by atoms with E-state index in [0.717, 1.165) is 11.8 Å². The molecule has 150 valence electrons. The van der Waals surface area contributed by atoms with Gasteiger partial charge in [0, 0.05) is 24.7 Å². The van der Waals surface area contributed by atoms with Crippen molar-refractivity contribution in [2.45, 2.75) is 24.8 Å². The Hall–Kier alpha value is -3.19. The van der Waals surface area contributed by atoms with Crippen LogP contribution >= 0.6 is 0 Å². The number of hydrogen-bond acceptors (Lipinski definition) is 4. The molecule has 0 saturated heterocycles. The number of benzene rings is 2. The number of aromatic nitrogens is 1. The van der Waals surface area contributed by atoms with Crippen molar-refractivity contribution in [2.24, 2.45) is 0 Å². The molecule has 1 heterocycles. The first kappa shape index (κ1) is 20.5. The van der Waals surface area contributed by atoms with Crippen LogP contribution in [0.1, 0.15) is 21.5 Å². The van der Waals surface area contributed by atoms with Gasteiger partial charge in [0.2, 0.25) is 0 Å². The molecule has 0 unspecified atom stereocenters. The standard InChI is InChI=1S/C22H22N2O4S/c1-16-11-13-24(14-12-17-7-4-3-5-8-17)22(26)20(16)21(25)23-18-9-6-10-19(15-18)29(2,27)28/h3-11,13,15H,12,14H2,1-2H3,(H,23,25). The smallest absolute Gasteiger partial charge is 0.263 e. The van der Waals surface area contributed by atoms with E-state index in [0.29, 0.717) is 24.2 Å². The van der Waals surface area contributed by atoms with Crippen molar-refractivity contribution in [3.8, 4) is 0 Å². The second-order valence-electron chi connectivity index (χ2n) is 6.86. The molecule has 0 saturated carbocycles. The van der Waals surface area contributed by atoms with Crippen LogP contribution < -0.4 is 10.9 Å². The fraction of sp³-hybridized carbons (Fsp3) is 0.182. The van der Waals surface area contributed by atoms with Gasteiger partial charge in [-0.15, -0.1) is 0 Å². The number of aryl methyl sites for hydroxylation is 3. The van der Waals surface area contributed by atoms with Gasteiger partial charge in [-0.05, 0) is 48.7 Å². The third-order valence-corrected chi connectivity index (χ3v) is 5.72. The molecule has 3 rings (SSSR count). The topological polar surface area (TPSA) is 85.2 Å². The minimum Gasteiger partial charge on any atom is -0.322 e. The van der Waals surface area contributed by atoms with Crippen LogP contribution in [0.2, 0.25) is 0 Å². The van der Waals surface area contributed by atoms with E-state index in [9.17, 15) is 18.0 Å². The largest absolute Gasteiger partial charge is 0.322 e. The number of carbonyl (C=O) groups excluding carboxylic acids is 1. The third kappa shape index (κ3) is 5.00. The van der Waals surface area contributed by atoms with E-state index < -0.39 is 15.7 Å². The van der Waals surface area contributed by atoms with E-state index in [1.165, 1.54) is 16.7 Å². The Kier molecular flexibility index (Phi) is 5.98. The SMILES string of the molecule is Cc1ccn(CCc2ccccc2)c(=O)c1C(=O)Nc1cccc(S(C)(=O)=O)c1. The molecule has 3 aromatic rings. The molecule has 0 fully saturated rings. The normalized spacial score (nSPS) is 11.2. The summed E-state index contributed by atoms with van der Waals surface area (Å²) in [7, 11) is -3.40. The number of carbonyl (C=O) groups is 1. The van der Waals surface area contributed by atoms with Gasteiger partial charge >= 0.3 is 0 Å². The molecule has 1 N–H and O–H groups in total. The average molecular weight is 410 g/mol. The number of anilines is 1. The summed E-state index contributed by atoms with van der Waals surface area (Å²) in [6.45, 7) is 2.15. The minimum absolute atomic E-state index is 0.0466. The molecule has 2 aromatic carbocycles. The van der Waals surface area contributed by atoms with Crippen molar-refractivity contribution in [3.05, 3.63) is 93.9 Å². The molecule has 0 atom stereocenters. The van der Waals surface area contributed by atoms with Crippen LogP contribution in [0.15, 0.2) is 76.6 Å². The Labute approximate surface area is 169 Å². The second-order valence-corrected chi connectivity index (χ2v) is 8.88. The summed E-state index contributed by atoms with van der Waals surface area (Å²) < 4.78 is 24.9. The Bertz CT molecular complexity index is 1200. The molecule has 7 heteroatoms. The van der Waals surface area contributed by atoms with Crippen molar-refractivity contribution >= 4 is 21.4 Å². The summed E-state index contributed by atoms with van der Waals surface area (Å²) >= 11 is 0. The molecular formula is C22H22N2O4S. The van der Waals surface area contributed by atoms with Crippen LogP contribution in [0.3, 0.4) is 0 Å². The second kappa shape index (κ2) is 8.45. The van der Waals surface area contributed by atoms with Gasteiger partial charge in [-0.3, -0.25) is 9.59 Å². The summed E-state index contributed by atoms with van der Waals surface area (Å²) in [5.74, 6) is -0.563. The number of hydrogen-bond donors (Lipinski definition) is 1. The van der Waals surface area contributed by atoms with Crippen molar-refractivity contribution in [1.29, 1.82) is 0 Å². The lowest BCUT2D eigenvalue weighted by Crippen LogP contribution is -2.30. The Morgan fingerprint density at radius 2 is 1.76 bits per heavy atom. The van der Waals surface area contributed by atoms with Crippen molar-refractivity contribution < 1.29 is 13.2 Å². The number of pyridine rings is 1. The number of rotatable bonds is 6. The van der Waals surface area contributed by atoms with Crippen LogP contribution in [0, 0.1) is 6.92 Å². The summed E-state index contributed by atoms with van der Waals surface area (Å²) in [5, 5.41) is 2.64. The molecule has 0 aliphatic rings. The quantitative estimate of drug-likeness (QED) is 0.677. The van der Waals surface area contributed by atoms with E-state index in [-0.39, 0.29) is 16.0 Å². The van der Waals surface area contributed by atoms with E-state index >= 15 is 0 Å². The summed E-state index contributed by atoms with van der Waals surface area (Å²) in [6, 6.07) is 17.5. The van der Waals surface area contributed by atoms with E-state index in [1.54, 1.807) is 31.3 Å². The zero-order chi connectivity index (χ0) is 21.0. The number of amides is 1. The van der Waals surface area contributed by atoms with Crippen LogP contribution in [0.4, 0.5) is 5.69 Å². The van der Waals surface area contributed by atoms with E-state index in [2.05, 4.69) is 5.32 Å². The number of nitrogens with zero attached hydrogens (tertiary/aromatic N) is 1. The summed E-state index contributed by atoms with van der Waals surface area (Å²) in [4.78, 5) is 25.7. The molecule has 0 spiro atoms. The molecule has 0 aliphatic carbocycles. The molecule has 29 heavy (non-hydrogen) atoms. The lowest BCUT2D eigenvalue weighted by atomic mass is 10.1. The predicted molar refractivity (Wildman–Crippen MR) is 113 cm³/mol. The highest BCUT2D eigenvalue weighted by Gasteiger charge is 2.17. The van der Waals surface area contributed by atoms with Gasteiger partial charge < -0.3 is 9.88 Å². The lowest BCUT2D eigenvalue weighted by molar-refractivity contribution is 0.102. The van der Waals surface area contributed by atoms with Gasteiger partial charge in [0.15, 0.2) is 9.84 Å². The number of sulfone groups is 1. The highest BCUT2D eigenvalue weighted by Crippen LogP contribution is 2.16. The zero-order valence-corrected chi connectivity index (χ0v) is 17.1. The molecular weight excluding hydrogens is 388 g/mol. The first-order valence-corrected chi connectivity index (χ1v) is 11.0. The van der Waals surface area contributed by atoms with Crippen molar-refractivity contribution in [3.63, 3.8) is 0 Å². The minimum atomic E-state index is -3.40. The molecule has 0 radical (unpaired) electrons. The van der Waals surface area contributed by atoms with Crippen LogP contribution in [-0.2, 0) is 22.8 Å².